The van der Waals surface area contributed by atoms with Gasteiger partial charge in [0.2, 0.25) is 5.91 Å². The fraction of sp³-hybridized carbons (Fsp3) is 0.514. The summed E-state index contributed by atoms with van der Waals surface area (Å²) in [6, 6.07) is 9.39. The Morgan fingerprint density at radius 1 is 1.08 bits per heavy atom. The number of carboxylic acids is 1. The van der Waals surface area contributed by atoms with Crippen LogP contribution in [-0.2, 0) is 27.8 Å². The summed E-state index contributed by atoms with van der Waals surface area (Å²) in [5, 5.41) is 12.8. The van der Waals surface area contributed by atoms with Crippen LogP contribution >= 0.6 is 11.6 Å². The van der Waals surface area contributed by atoms with Crippen LogP contribution in [0.4, 0.5) is 18.9 Å². The number of carbonyl (C=O) groups is 3. The molecule has 258 valence electrons. The Morgan fingerprint density at radius 2 is 1.79 bits per heavy atom. The van der Waals surface area contributed by atoms with Crippen LogP contribution in [-0.4, -0.2) is 87.6 Å². The van der Waals surface area contributed by atoms with Crippen LogP contribution in [0.5, 0.6) is 0 Å². The molecule has 0 spiro atoms. The highest BCUT2D eigenvalue weighted by Gasteiger charge is 2.42. The van der Waals surface area contributed by atoms with E-state index in [-0.39, 0.29) is 85.2 Å². The highest BCUT2D eigenvalue weighted by Crippen LogP contribution is 2.34. The number of carbonyl (C=O) groups excluding carboxylic acids is 2. The van der Waals surface area contributed by atoms with Crippen molar-refractivity contribution in [2.24, 2.45) is 13.0 Å². The molecule has 2 N–H and O–H groups in total. The second-order valence-electron chi connectivity index (χ2n) is 13.4. The summed E-state index contributed by atoms with van der Waals surface area (Å²) in [4.78, 5) is 41.9. The van der Waals surface area contributed by atoms with Crippen molar-refractivity contribution in [1.82, 2.24) is 14.4 Å². The molecule has 1 aliphatic carbocycles. The predicted octanol–water partition coefficient (Wildman–Crippen LogP) is 6.13. The van der Waals surface area contributed by atoms with Gasteiger partial charge in [-0.1, -0.05) is 29.8 Å². The molecule has 6 rings (SSSR count). The number of piperidine rings is 1. The number of aryl methyl sites for hydroxylation is 1. The number of aromatic nitrogens is 1. The number of likely N-dealkylation sites (tertiary alicyclic amines) is 2. The maximum absolute atomic E-state index is 15.5. The van der Waals surface area contributed by atoms with E-state index < -0.39 is 23.6 Å². The number of hydrogen-bond acceptors (Lipinski definition) is 5. The summed E-state index contributed by atoms with van der Waals surface area (Å²) < 4.78 is 51.3. The third-order valence-corrected chi connectivity index (χ3v) is 10.5. The first-order chi connectivity index (χ1) is 22.9. The zero-order valence-electron chi connectivity index (χ0n) is 26.8. The Bertz CT molecular complexity index is 1680. The minimum absolute atomic E-state index is 0.0703. The van der Waals surface area contributed by atoms with Gasteiger partial charge in [-0.3, -0.25) is 19.3 Å². The molecule has 2 aromatic carbocycles. The number of halogens is 4. The van der Waals surface area contributed by atoms with Crippen LogP contribution in [0.1, 0.15) is 60.9 Å². The lowest BCUT2D eigenvalue weighted by molar-refractivity contribution is -0.144. The van der Waals surface area contributed by atoms with Gasteiger partial charge in [0.25, 0.3) is 11.8 Å². The number of amides is 2. The molecule has 3 aliphatic rings. The Balaban J connectivity index is 1.13. The fourth-order valence-electron chi connectivity index (χ4n) is 7.36. The minimum Gasteiger partial charge on any atom is -0.481 e. The number of nitrogens with zero attached hydrogens (tertiary/aromatic N) is 3. The van der Waals surface area contributed by atoms with Crippen molar-refractivity contribution in [3.63, 3.8) is 0 Å². The monoisotopic (exact) mass is 688 g/mol. The molecule has 13 heteroatoms. The van der Waals surface area contributed by atoms with Gasteiger partial charge in [-0.2, -0.15) is 0 Å². The van der Waals surface area contributed by atoms with Crippen LogP contribution in [0.15, 0.2) is 42.6 Å². The number of nitrogens with one attached hydrogen (secondary N) is 1. The highest BCUT2D eigenvalue weighted by molar-refractivity contribution is 6.34. The first kappa shape index (κ1) is 34.3. The SMILES string of the molecule is Cn1cc(C(=O)Nc2cc(F)c(CC(=O)N3C[C@@H](N4CCC(F)(F)CC4)C[C@H]3COC3CCC(C(=O)O)CC3)cc2Cl)c2ccccc21. The lowest BCUT2D eigenvalue weighted by Gasteiger charge is -2.35. The maximum Gasteiger partial charge on any atom is 0.306 e. The fourth-order valence-corrected chi connectivity index (χ4v) is 7.59. The molecule has 1 aromatic heterocycles. The largest absolute Gasteiger partial charge is 0.481 e. The van der Waals surface area contributed by atoms with Gasteiger partial charge in [0.05, 0.1) is 47.4 Å². The van der Waals surface area contributed by atoms with E-state index in [2.05, 4.69) is 5.32 Å². The molecule has 2 amide bonds. The van der Waals surface area contributed by atoms with Crippen molar-refractivity contribution in [2.45, 2.75) is 75.5 Å². The lowest BCUT2D eigenvalue weighted by Crippen LogP contribution is -2.46. The van der Waals surface area contributed by atoms with Gasteiger partial charge in [0.1, 0.15) is 5.82 Å². The summed E-state index contributed by atoms with van der Waals surface area (Å²) in [6.45, 7) is 0.973. The van der Waals surface area contributed by atoms with Crippen molar-refractivity contribution in [3.8, 4) is 0 Å². The third kappa shape index (κ3) is 7.50. The number of anilines is 1. The molecule has 0 unspecified atom stereocenters. The van der Waals surface area contributed by atoms with Crippen molar-refractivity contribution in [2.75, 3.05) is 31.6 Å². The zero-order valence-corrected chi connectivity index (χ0v) is 27.5. The molecule has 3 heterocycles. The average Bonchev–Trinajstić information content (AvgIpc) is 3.64. The van der Waals surface area contributed by atoms with E-state index in [4.69, 9.17) is 16.3 Å². The number of rotatable bonds is 9. The molecule has 0 radical (unpaired) electrons. The van der Waals surface area contributed by atoms with Gasteiger partial charge in [0, 0.05) is 62.7 Å². The molecular weight excluding hydrogens is 649 g/mol. The quantitative estimate of drug-likeness (QED) is 0.281. The second-order valence-corrected chi connectivity index (χ2v) is 13.8. The van der Waals surface area contributed by atoms with Crippen molar-refractivity contribution < 1.29 is 37.4 Å². The molecule has 3 fully saturated rings. The number of ether oxygens (including phenoxy) is 1. The Morgan fingerprint density at radius 3 is 2.50 bits per heavy atom. The molecule has 1 saturated carbocycles. The predicted molar refractivity (Wildman–Crippen MR) is 175 cm³/mol. The molecule has 48 heavy (non-hydrogen) atoms. The van der Waals surface area contributed by atoms with Crippen molar-refractivity contribution >= 4 is 46.0 Å². The summed E-state index contributed by atoms with van der Waals surface area (Å²) in [5.41, 5.74) is 1.43. The maximum atomic E-state index is 15.5. The van der Waals surface area contributed by atoms with Gasteiger partial charge >= 0.3 is 5.97 Å². The number of carboxylic acid groups (broad SMARTS) is 1. The molecular formula is C35H40ClF3N4O5. The number of aliphatic carboxylic acids is 1. The van der Waals surface area contributed by atoms with E-state index in [9.17, 15) is 28.3 Å². The van der Waals surface area contributed by atoms with E-state index in [1.165, 1.54) is 6.07 Å². The number of fused-ring (bicyclic) bond motifs is 1. The van der Waals surface area contributed by atoms with Crippen LogP contribution in [0.25, 0.3) is 10.9 Å². The minimum atomic E-state index is -2.70. The van der Waals surface area contributed by atoms with Crippen LogP contribution in [0, 0.1) is 11.7 Å². The Labute approximate surface area is 281 Å². The Kier molecular flexibility index (Phi) is 10.1. The van der Waals surface area contributed by atoms with E-state index in [1.54, 1.807) is 11.1 Å². The topological polar surface area (TPSA) is 104 Å². The summed E-state index contributed by atoms with van der Waals surface area (Å²) >= 11 is 6.51. The highest BCUT2D eigenvalue weighted by atomic mass is 35.5. The Hall–Kier alpha value is -3.61. The summed E-state index contributed by atoms with van der Waals surface area (Å²) in [6.07, 6.45) is 3.60. The number of alkyl halides is 2. The molecule has 2 saturated heterocycles. The first-order valence-corrected chi connectivity index (χ1v) is 16.9. The molecule has 2 aliphatic heterocycles. The van der Waals surface area contributed by atoms with Crippen LogP contribution < -0.4 is 5.32 Å². The normalized spacial score (nSPS) is 24.6. The standard InChI is InChI=1S/C35H40ClF3N4O5/c1-41-19-27(26-4-2-3-5-31(26)41)33(45)40-30-17-29(37)22(14-28(30)36)15-32(44)43-18-23(42-12-10-35(38,39)11-13-42)16-24(43)20-48-25-8-6-21(7-9-25)34(46)47/h2-5,14,17,19,21,23-25H,6-13,15-16,18,20H2,1H3,(H,40,45)(H,46,47)/t21?,23-,24-,25?/m0/s1. The van der Waals surface area contributed by atoms with Crippen molar-refractivity contribution in [1.29, 1.82) is 0 Å². The molecule has 0 bridgehead atoms. The smallest absolute Gasteiger partial charge is 0.306 e. The van der Waals surface area contributed by atoms with Gasteiger partial charge in [-0.25, -0.2) is 13.2 Å². The van der Waals surface area contributed by atoms with E-state index in [0.717, 1.165) is 17.0 Å². The van der Waals surface area contributed by atoms with E-state index in [1.807, 2.05) is 40.8 Å². The second kappa shape index (κ2) is 14.1. The first-order valence-electron chi connectivity index (χ1n) is 16.5. The zero-order chi connectivity index (χ0) is 34.2. The van der Waals surface area contributed by atoms with Gasteiger partial charge < -0.3 is 24.6 Å². The van der Waals surface area contributed by atoms with Crippen LogP contribution in [0.2, 0.25) is 5.02 Å². The molecule has 2 atom stereocenters. The molecule has 3 aromatic rings. The average molecular weight is 689 g/mol. The number of hydrogen-bond donors (Lipinski definition) is 2. The molecule has 9 nitrogen and oxygen atoms in total. The van der Waals surface area contributed by atoms with Gasteiger partial charge in [0.15, 0.2) is 0 Å². The lowest BCUT2D eigenvalue weighted by atomic mass is 9.87. The van der Waals surface area contributed by atoms with Gasteiger partial charge in [-0.05, 0) is 55.9 Å². The summed E-state index contributed by atoms with van der Waals surface area (Å²) in [7, 11) is 1.83. The number of benzene rings is 2. The van der Waals surface area contributed by atoms with Gasteiger partial charge in [-0.15, -0.1) is 0 Å². The van der Waals surface area contributed by atoms with Crippen molar-refractivity contribution in [3.05, 3.63) is 64.6 Å². The van der Waals surface area contributed by atoms with E-state index in [0.29, 0.717) is 44.2 Å². The third-order valence-electron chi connectivity index (χ3n) is 10.2. The van der Waals surface area contributed by atoms with Crippen LogP contribution in [0.3, 0.4) is 0 Å². The summed E-state index contributed by atoms with van der Waals surface area (Å²) in [5.74, 6) is -5.36. The van der Waals surface area contributed by atoms with E-state index >= 15 is 4.39 Å². The number of para-hydroxylation sites is 1.